The third-order valence-corrected chi connectivity index (χ3v) is 1.58. The van der Waals surface area contributed by atoms with Crippen LogP contribution in [-0.2, 0) is 6.54 Å². The molecule has 6 heteroatoms. The van der Waals surface area contributed by atoms with Crippen molar-refractivity contribution in [3.05, 3.63) is 36.4 Å². The van der Waals surface area contributed by atoms with Crippen LogP contribution in [-0.4, -0.2) is 15.1 Å². The molecule has 0 fully saturated rings. The Balaban J connectivity index is 2.02. The highest BCUT2D eigenvalue weighted by Gasteiger charge is 2.03. The van der Waals surface area contributed by atoms with E-state index < -0.39 is 5.82 Å². The molecule has 0 aliphatic heterocycles. The fourth-order valence-electron chi connectivity index (χ4n) is 0.949. The van der Waals surface area contributed by atoms with Gasteiger partial charge in [0, 0.05) is 6.20 Å². The van der Waals surface area contributed by atoms with Crippen molar-refractivity contribution < 1.29 is 8.91 Å². The Morgan fingerprint density at radius 3 is 3.07 bits per heavy atom. The lowest BCUT2D eigenvalue weighted by Gasteiger charge is -2.02. The molecule has 1 N–H and O–H groups in total. The highest BCUT2D eigenvalue weighted by molar-refractivity contribution is 5.35. The summed E-state index contributed by atoms with van der Waals surface area (Å²) in [5, 5.41) is 6.31. The maximum absolute atomic E-state index is 13.0. The predicted octanol–water partition coefficient (Wildman–Crippen LogP) is 1.22. The standard InChI is InChI=1S/C8H7FN4O/c9-6-2-1-3-10-8(6)11-4-7-12-5-14-13-7/h1-3,5H,4H2,(H,10,11). The first-order valence-corrected chi connectivity index (χ1v) is 3.96. The molecule has 0 aromatic carbocycles. The Hall–Kier alpha value is -1.98. The normalized spacial score (nSPS) is 10.1. The third kappa shape index (κ3) is 1.85. The number of hydrogen-bond donors (Lipinski definition) is 1. The van der Waals surface area contributed by atoms with Gasteiger partial charge in [0.2, 0.25) is 6.39 Å². The molecule has 0 amide bonds. The molecule has 0 aliphatic rings. The molecule has 0 spiro atoms. The summed E-state index contributed by atoms with van der Waals surface area (Å²) in [6, 6.07) is 2.85. The van der Waals surface area contributed by atoms with E-state index in [-0.39, 0.29) is 12.4 Å². The van der Waals surface area contributed by atoms with Gasteiger partial charge < -0.3 is 9.84 Å². The zero-order valence-corrected chi connectivity index (χ0v) is 7.14. The van der Waals surface area contributed by atoms with Crippen LogP contribution in [0.2, 0.25) is 0 Å². The summed E-state index contributed by atoms with van der Waals surface area (Å²) in [5.41, 5.74) is 0. The second-order valence-corrected chi connectivity index (χ2v) is 2.53. The number of nitrogens with one attached hydrogen (secondary N) is 1. The molecule has 0 saturated heterocycles. The molecule has 0 saturated carbocycles. The minimum atomic E-state index is -0.406. The van der Waals surface area contributed by atoms with Crippen molar-refractivity contribution in [2.75, 3.05) is 5.32 Å². The monoisotopic (exact) mass is 194 g/mol. The van der Waals surface area contributed by atoms with Crippen molar-refractivity contribution in [2.45, 2.75) is 6.54 Å². The van der Waals surface area contributed by atoms with Crippen molar-refractivity contribution in [3.63, 3.8) is 0 Å². The maximum Gasteiger partial charge on any atom is 0.213 e. The van der Waals surface area contributed by atoms with E-state index in [0.717, 1.165) is 0 Å². The number of hydrogen-bond acceptors (Lipinski definition) is 5. The third-order valence-electron chi connectivity index (χ3n) is 1.58. The topological polar surface area (TPSA) is 63.8 Å². The van der Waals surface area contributed by atoms with E-state index in [9.17, 15) is 4.39 Å². The first-order chi connectivity index (χ1) is 6.86. The number of rotatable bonds is 3. The fourth-order valence-corrected chi connectivity index (χ4v) is 0.949. The highest BCUT2D eigenvalue weighted by Crippen LogP contribution is 2.08. The second-order valence-electron chi connectivity index (χ2n) is 2.53. The van der Waals surface area contributed by atoms with Gasteiger partial charge in [-0.3, -0.25) is 0 Å². The van der Waals surface area contributed by atoms with E-state index in [1.165, 1.54) is 24.7 Å². The van der Waals surface area contributed by atoms with Gasteiger partial charge in [-0.1, -0.05) is 5.16 Å². The lowest BCUT2D eigenvalue weighted by Crippen LogP contribution is -2.04. The summed E-state index contributed by atoms with van der Waals surface area (Å²) in [7, 11) is 0. The van der Waals surface area contributed by atoms with Gasteiger partial charge in [-0.15, -0.1) is 0 Å². The van der Waals surface area contributed by atoms with Gasteiger partial charge in [-0.2, -0.15) is 4.98 Å². The largest absolute Gasteiger partial charge is 0.360 e. The van der Waals surface area contributed by atoms with Crippen molar-refractivity contribution in [3.8, 4) is 0 Å². The summed E-state index contributed by atoms with van der Waals surface area (Å²) >= 11 is 0. The van der Waals surface area contributed by atoms with Gasteiger partial charge in [0.1, 0.15) is 0 Å². The average molecular weight is 194 g/mol. The molecule has 2 heterocycles. The molecule has 2 aromatic rings. The lowest BCUT2D eigenvalue weighted by atomic mass is 10.4. The van der Waals surface area contributed by atoms with Crippen LogP contribution >= 0.6 is 0 Å². The molecule has 0 aliphatic carbocycles. The molecular weight excluding hydrogens is 187 g/mol. The molecule has 2 rings (SSSR count). The molecule has 14 heavy (non-hydrogen) atoms. The summed E-state index contributed by atoms with van der Waals surface area (Å²) < 4.78 is 17.5. The Bertz CT molecular complexity index is 403. The Morgan fingerprint density at radius 1 is 1.43 bits per heavy atom. The van der Waals surface area contributed by atoms with Gasteiger partial charge in [0.25, 0.3) is 0 Å². The summed E-state index contributed by atoms with van der Waals surface area (Å²) in [6.45, 7) is 0.282. The van der Waals surface area contributed by atoms with Crippen LogP contribution in [0, 0.1) is 5.82 Å². The Labute approximate surface area is 79.0 Å². The number of anilines is 1. The van der Waals surface area contributed by atoms with E-state index in [1.54, 1.807) is 0 Å². The van der Waals surface area contributed by atoms with Gasteiger partial charge in [-0.05, 0) is 12.1 Å². The van der Waals surface area contributed by atoms with Crippen molar-refractivity contribution >= 4 is 5.82 Å². The van der Waals surface area contributed by atoms with E-state index >= 15 is 0 Å². The van der Waals surface area contributed by atoms with Crippen molar-refractivity contribution in [1.29, 1.82) is 0 Å². The van der Waals surface area contributed by atoms with Gasteiger partial charge >= 0.3 is 0 Å². The van der Waals surface area contributed by atoms with Crippen LogP contribution in [0.15, 0.2) is 29.2 Å². The van der Waals surface area contributed by atoms with Crippen molar-refractivity contribution in [1.82, 2.24) is 15.1 Å². The molecular formula is C8H7FN4O. The molecule has 0 bridgehead atoms. The van der Waals surface area contributed by atoms with E-state index in [1.807, 2.05) is 0 Å². The van der Waals surface area contributed by atoms with Gasteiger partial charge in [0.05, 0.1) is 6.54 Å². The van der Waals surface area contributed by atoms with E-state index in [4.69, 9.17) is 0 Å². The zero-order chi connectivity index (χ0) is 9.80. The lowest BCUT2D eigenvalue weighted by molar-refractivity contribution is 0.411. The average Bonchev–Trinajstić information content (AvgIpc) is 2.69. The first-order valence-electron chi connectivity index (χ1n) is 3.96. The number of pyridine rings is 1. The predicted molar refractivity (Wildman–Crippen MR) is 45.8 cm³/mol. The summed E-state index contributed by atoms with van der Waals surface area (Å²) in [6.07, 6.45) is 2.72. The molecule has 0 radical (unpaired) electrons. The van der Waals surface area contributed by atoms with Crippen LogP contribution in [0.5, 0.6) is 0 Å². The highest BCUT2D eigenvalue weighted by atomic mass is 19.1. The van der Waals surface area contributed by atoms with Crippen LogP contribution in [0.3, 0.4) is 0 Å². The number of nitrogens with zero attached hydrogens (tertiary/aromatic N) is 3. The summed E-state index contributed by atoms with van der Waals surface area (Å²) in [4.78, 5) is 7.58. The minimum Gasteiger partial charge on any atom is -0.360 e. The quantitative estimate of drug-likeness (QED) is 0.795. The smallest absolute Gasteiger partial charge is 0.213 e. The fraction of sp³-hybridized carbons (Fsp3) is 0.125. The minimum absolute atomic E-state index is 0.178. The van der Waals surface area contributed by atoms with Crippen LogP contribution in [0.4, 0.5) is 10.2 Å². The molecule has 5 nitrogen and oxygen atoms in total. The molecule has 2 aromatic heterocycles. The number of halogens is 1. The molecule has 72 valence electrons. The second kappa shape index (κ2) is 3.82. The zero-order valence-electron chi connectivity index (χ0n) is 7.14. The van der Waals surface area contributed by atoms with E-state index in [0.29, 0.717) is 5.82 Å². The molecule has 0 unspecified atom stereocenters. The van der Waals surface area contributed by atoms with Gasteiger partial charge in [0.15, 0.2) is 17.5 Å². The number of aromatic nitrogens is 3. The van der Waals surface area contributed by atoms with Crippen LogP contribution in [0.1, 0.15) is 5.82 Å². The van der Waals surface area contributed by atoms with Crippen LogP contribution in [0.25, 0.3) is 0 Å². The maximum atomic E-state index is 13.0. The van der Waals surface area contributed by atoms with E-state index in [2.05, 4.69) is 25.0 Å². The van der Waals surface area contributed by atoms with Gasteiger partial charge in [-0.25, -0.2) is 9.37 Å². The Morgan fingerprint density at radius 2 is 2.36 bits per heavy atom. The molecule has 0 atom stereocenters. The first kappa shape index (κ1) is 8.61. The summed E-state index contributed by atoms with van der Waals surface area (Å²) in [5.74, 6) is 0.225. The van der Waals surface area contributed by atoms with Crippen LogP contribution < -0.4 is 5.32 Å². The Kier molecular flexibility index (Phi) is 2.35. The van der Waals surface area contributed by atoms with Crippen molar-refractivity contribution in [2.24, 2.45) is 0 Å². The SMILES string of the molecule is Fc1cccnc1NCc1ncon1.